The first-order valence-electron chi connectivity index (χ1n) is 9.06. The van der Waals surface area contributed by atoms with Crippen LogP contribution in [0, 0.1) is 5.82 Å². The minimum Gasteiger partial charge on any atom is -0.369 e. The summed E-state index contributed by atoms with van der Waals surface area (Å²) in [6.07, 6.45) is 5.13. The third-order valence-electron chi connectivity index (χ3n) is 4.83. The molecule has 2 aromatic carbocycles. The zero-order valence-corrected chi connectivity index (χ0v) is 14.7. The summed E-state index contributed by atoms with van der Waals surface area (Å²) in [7, 11) is 0. The lowest BCUT2D eigenvalue weighted by Crippen LogP contribution is -2.39. The van der Waals surface area contributed by atoms with Gasteiger partial charge in [0.1, 0.15) is 5.82 Å². The van der Waals surface area contributed by atoms with Gasteiger partial charge in [0.2, 0.25) is 5.91 Å². The molecule has 4 heteroatoms. The van der Waals surface area contributed by atoms with Crippen molar-refractivity contribution in [2.45, 2.75) is 45.1 Å². The average Bonchev–Trinajstić information content (AvgIpc) is 2.62. The predicted molar refractivity (Wildman–Crippen MR) is 100 cm³/mol. The van der Waals surface area contributed by atoms with E-state index in [0.717, 1.165) is 18.7 Å². The normalized spacial score (nSPS) is 17.4. The van der Waals surface area contributed by atoms with Crippen LogP contribution >= 0.6 is 0 Å². The van der Waals surface area contributed by atoms with Gasteiger partial charge in [0, 0.05) is 24.0 Å². The van der Waals surface area contributed by atoms with Crippen molar-refractivity contribution in [3.63, 3.8) is 0 Å². The summed E-state index contributed by atoms with van der Waals surface area (Å²) < 4.78 is 13.2. The Hall–Kier alpha value is -2.36. The summed E-state index contributed by atoms with van der Waals surface area (Å²) in [5.41, 5.74) is 2.66. The average molecular weight is 340 g/mol. The van der Waals surface area contributed by atoms with Gasteiger partial charge in [-0.2, -0.15) is 0 Å². The van der Waals surface area contributed by atoms with Gasteiger partial charge < -0.3 is 10.2 Å². The maximum absolute atomic E-state index is 13.2. The van der Waals surface area contributed by atoms with E-state index in [4.69, 9.17) is 0 Å². The molecule has 0 saturated carbocycles. The lowest BCUT2D eigenvalue weighted by atomic mass is 9.99. The van der Waals surface area contributed by atoms with Gasteiger partial charge in [-0.25, -0.2) is 4.39 Å². The van der Waals surface area contributed by atoms with Gasteiger partial charge in [0.15, 0.2) is 0 Å². The molecule has 1 saturated heterocycles. The fourth-order valence-electron chi connectivity index (χ4n) is 3.54. The lowest BCUT2D eigenvalue weighted by molar-refractivity contribution is -0.115. The van der Waals surface area contributed by atoms with Gasteiger partial charge in [-0.1, -0.05) is 19.1 Å². The van der Waals surface area contributed by atoms with Crippen molar-refractivity contribution in [3.05, 3.63) is 59.9 Å². The van der Waals surface area contributed by atoms with Crippen molar-refractivity contribution in [3.8, 4) is 0 Å². The van der Waals surface area contributed by atoms with Crippen molar-refractivity contribution in [2.24, 2.45) is 0 Å². The van der Waals surface area contributed by atoms with Gasteiger partial charge in [0.25, 0.3) is 0 Å². The van der Waals surface area contributed by atoms with Gasteiger partial charge >= 0.3 is 0 Å². The monoisotopic (exact) mass is 340 g/mol. The van der Waals surface area contributed by atoms with Crippen LogP contribution in [0.25, 0.3) is 0 Å². The van der Waals surface area contributed by atoms with E-state index in [1.54, 1.807) is 12.1 Å². The van der Waals surface area contributed by atoms with Crippen LogP contribution in [0.5, 0.6) is 0 Å². The topological polar surface area (TPSA) is 32.3 Å². The van der Waals surface area contributed by atoms with Crippen LogP contribution in [0.1, 0.15) is 38.2 Å². The van der Waals surface area contributed by atoms with E-state index in [0.29, 0.717) is 11.6 Å². The second-order valence-corrected chi connectivity index (χ2v) is 6.65. The Kier molecular flexibility index (Phi) is 5.69. The summed E-state index contributed by atoms with van der Waals surface area (Å²) in [4.78, 5) is 14.6. The molecule has 1 atom stereocenters. The van der Waals surface area contributed by atoms with Crippen LogP contribution in [-0.4, -0.2) is 18.5 Å². The van der Waals surface area contributed by atoms with Crippen molar-refractivity contribution < 1.29 is 9.18 Å². The molecule has 1 N–H and O–H groups in total. The molecule has 1 unspecified atom stereocenters. The molecule has 3 nitrogen and oxygen atoms in total. The minimum absolute atomic E-state index is 0.136. The molecule has 0 spiro atoms. The zero-order chi connectivity index (χ0) is 17.6. The van der Waals surface area contributed by atoms with Crippen LogP contribution < -0.4 is 10.2 Å². The third kappa shape index (κ3) is 4.59. The molecule has 1 aliphatic heterocycles. The van der Waals surface area contributed by atoms with Crippen LogP contribution in [0.15, 0.2) is 48.5 Å². The number of hydrogen-bond acceptors (Lipinski definition) is 2. The number of anilines is 2. The number of amides is 1. The first-order chi connectivity index (χ1) is 12.2. The van der Waals surface area contributed by atoms with E-state index in [9.17, 15) is 9.18 Å². The van der Waals surface area contributed by atoms with E-state index in [2.05, 4.69) is 29.3 Å². The molecule has 1 aliphatic rings. The van der Waals surface area contributed by atoms with Crippen molar-refractivity contribution in [1.82, 2.24) is 0 Å². The number of carbonyl (C=O) groups is 1. The maximum Gasteiger partial charge on any atom is 0.228 e. The number of hydrogen-bond donors (Lipinski definition) is 1. The molecule has 2 aromatic rings. The summed E-state index contributed by atoms with van der Waals surface area (Å²) in [6.45, 7) is 3.34. The van der Waals surface area contributed by atoms with Gasteiger partial charge in [-0.3, -0.25) is 4.79 Å². The molecule has 1 fully saturated rings. The Balaban J connectivity index is 1.61. The number of rotatable bonds is 5. The highest BCUT2D eigenvalue weighted by Crippen LogP contribution is 2.27. The van der Waals surface area contributed by atoms with Crippen molar-refractivity contribution in [2.75, 3.05) is 16.8 Å². The molecule has 1 amide bonds. The minimum atomic E-state index is -0.318. The Morgan fingerprint density at radius 3 is 2.72 bits per heavy atom. The molecular weight excluding hydrogens is 315 g/mol. The highest BCUT2D eigenvalue weighted by molar-refractivity contribution is 5.92. The lowest BCUT2D eigenvalue weighted by Gasteiger charge is -2.37. The number of halogens is 1. The summed E-state index contributed by atoms with van der Waals surface area (Å²) in [5.74, 6) is -0.454. The quantitative estimate of drug-likeness (QED) is 0.850. The molecule has 0 radical (unpaired) electrons. The van der Waals surface area contributed by atoms with E-state index in [1.807, 2.05) is 12.1 Å². The van der Waals surface area contributed by atoms with Gasteiger partial charge in [-0.15, -0.1) is 0 Å². The standard InChI is InChI=1S/C21H25FN2O/c1-2-19-8-3-4-13-24(19)20-11-9-18(10-12-20)23-21(25)15-16-6-5-7-17(22)14-16/h5-7,9-12,14,19H,2-4,8,13,15H2,1H3,(H,23,25). The van der Waals surface area contributed by atoms with Gasteiger partial charge in [-0.05, 0) is 67.6 Å². The van der Waals surface area contributed by atoms with Crippen LogP contribution in [-0.2, 0) is 11.2 Å². The Labute approximate surface area is 148 Å². The first-order valence-corrected chi connectivity index (χ1v) is 9.06. The summed E-state index contributed by atoms with van der Waals surface area (Å²) in [6, 6.07) is 14.8. The van der Waals surface area contributed by atoms with Gasteiger partial charge in [0.05, 0.1) is 6.42 Å². The van der Waals surface area contributed by atoms with Crippen molar-refractivity contribution in [1.29, 1.82) is 0 Å². The predicted octanol–water partition coefficient (Wildman–Crippen LogP) is 4.78. The van der Waals surface area contributed by atoms with E-state index >= 15 is 0 Å². The van der Waals surface area contributed by atoms with Crippen LogP contribution in [0.2, 0.25) is 0 Å². The fraction of sp³-hybridized carbons (Fsp3) is 0.381. The number of nitrogens with zero attached hydrogens (tertiary/aromatic N) is 1. The molecule has 3 rings (SSSR count). The number of carbonyl (C=O) groups excluding carboxylic acids is 1. The third-order valence-corrected chi connectivity index (χ3v) is 4.83. The summed E-state index contributed by atoms with van der Waals surface area (Å²) >= 11 is 0. The van der Waals surface area contributed by atoms with E-state index < -0.39 is 0 Å². The summed E-state index contributed by atoms with van der Waals surface area (Å²) in [5, 5.41) is 2.89. The zero-order valence-electron chi connectivity index (χ0n) is 14.7. The SMILES string of the molecule is CCC1CCCCN1c1ccc(NC(=O)Cc2cccc(F)c2)cc1. The first kappa shape index (κ1) is 17.5. The second kappa shape index (κ2) is 8.15. The molecule has 0 aromatic heterocycles. The Morgan fingerprint density at radius 1 is 1.20 bits per heavy atom. The maximum atomic E-state index is 13.2. The molecule has 132 valence electrons. The fourth-order valence-corrected chi connectivity index (χ4v) is 3.54. The van der Waals surface area contributed by atoms with Crippen LogP contribution in [0.3, 0.4) is 0 Å². The second-order valence-electron chi connectivity index (χ2n) is 6.65. The largest absolute Gasteiger partial charge is 0.369 e. The number of nitrogens with one attached hydrogen (secondary N) is 1. The highest BCUT2D eigenvalue weighted by atomic mass is 19.1. The Bertz CT molecular complexity index is 714. The molecular formula is C21H25FN2O. The van der Waals surface area contributed by atoms with Crippen LogP contribution in [0.4, 0.5) is 15.8 Å². The van der Waals surface area contributed by atoms with E-state index in [1.165, 1.54) is 37.1 Å². The smallest absolute Gasteiger partial charge is 0.228 e. The van der Waals surface area contributed by atoms with E-state index in [-0.39, 0.29) is 18.1 Å². The Morgan fingerprint density at radius 2 is 2.00 bits per heavy atom. The molecule has 0 aliphatic carbocycles. The van der Waals surface area contributed by atoms with Crippen molar-refractivity contribution >= 4 is 17.3 Å². The number of benzene rings is 2. The molecule has 25 heavy (non-hydrogen) atoms. The number of piperidine rings is 1. The molecule has 1 heterocycles. The molecule has 0 bridgehead atoms. The highest BCUT2D eigenvalue weighted by Gasteiger charge is 2.20.